The van der Waals surface area contributed by atoms with Crippen molar-refractivity contribution in [1.29, 1.82) is 0 Å². The Bertz CT molecular complexity index is 1600. The Labute approximate surface area is 235 Å². The van der Waals surface area contributed by atoms with Gasteiger partial charge in [-0.25, -0.2) is 0 Å². The van der Waals surface area contributed by atoms with Crippen LogP contribution in [0.15, 0.2) is 79.1 Å². The van der Waals surface area contributed by atoms with E-state index in [9.17, 15) is 0 Å². The fourth-order valence-corrected chi connectivity index (χ4v) is 6.20. The van der Waals surface area contributed by atoms with Crippen molar-refractivity contribution in [1.82, 2.24) is 4.40 Å². The minimum absolute atomic E-state index is 0.421. The molecule has 5 rings (SSSR count). The molecule has 5 aromatic rings. The molecule has 0 spiro atoms. The molecule has 2 heterocycles. The van der Waals surface area contributed by atoms with Gasteiger partial charge in [0.1, 0.15) is 11.4 Å². The van der Waals surface area contributed by atoms with Crippen molar-refractivity contribution in [2.24, 2.45) is 0 Å². The fraction of sp³-hybridized carbons (Fsp3) is 0.324. The van der Waals surface area contributed by atoms with E-state index < -0.39 is 0 Å². The van der Waals surface area contributed by atoms with Crippen molar-refractivity contribution in [3.8, 4) is 28.2 Å². The summed E-state index contributed by atoms with van der Waals surface area (Å²) in [6.07, 6.45) is 2.32. The first-order valence-electron chi connectivity index (χ1n) is 14.5. The van der Waals surface area contributed by atoms with Gasteiger partial charge in [0.2, 0.25) is 0 Å². The van der Waals surface area contributed by atoms with Crippen molar-refractivity contribution >= 4 is 5.52 Å². The quantitative estimate of drug-likeness (QED) is 0.199. The molecule has 0 atom stereocenters. The molecule has 0 amide bonds. The van der Waals surface area contributed by atoms with Crippen LogP contribution in [0.3, 0.4) is 0 Å². The van der Waals surface area contributed by atoms with Gasteiger partial charge in [0.05, 0.1) is 0 Å². The summed E-state index contributed by atoms with van der Waals surface area (Å²) in [5.41, 5.74) is 15.7. The predicted molar refractivity (Wildman–Crippen MR) is 166 cm³/mol. The Morgan fingerprint density at radius 1 is 0.641 bits per heavy atom. The molecule has 200 valence electrons. The second-order valence-electron chi connectivity index (χ2n) is 12.2. The van der Waals surface area contributed by atoms with Crippen molar-refractivity contribution in [2.75, 3.05) is 0 Å². The highest BCUT2D eigenvalue weighted by molar-refractivity contribution is 5.80. The van der Waals surface area contributed by atoms with Gasteiger partial charge < -0.3 is 0 Å². The molecule has 0 unspecified atom stereocenters. The molecule has 0 saturated heterocycles. The van der Waals surface area contributed by atoms with Gasteiger partial charge in [0.15, 0.2) is 11.2 Å². The van der Waals surface area contributed by atoms with E-state index in [2.05, 4.69) is 150 Å². The first kappa shape index (κ1) is 26.9. The highest BCUT2D eigenvalue weighted by atomic mass is 15.1. The summed E-state index contributed by atoms with van der Waals surface area (Å²) in [6, 6.07) is 27.2. The summed E-state index contributed by atoms with van der Waals surface area (Å²) in [6.45, 7) is 20.6. The average Bonchev–Trinajstić information content (AvgIpc) is 3.26. The molecule has 3 aromatic carbocycles. The first-order chi connectivity index (χ1) is 18.6. The number of hydrogen-bond donors (Lipinski definition) is 0. The van der Waals surface area contributed by atoms with Gasteiger partial charge in [-0.2, -0.15) is 8.97 Å². The molecule has 39 heavy (non-hydrogen) atoms. The van der Waals surface area contributed by atoms with Crippen molar-refractivity contribution in [2.45, 2.75) is 80.1 Å². The molecule has 2 heteroatoms. The largest absolute Gasteiger partial charge is 0.255 e. The van der Waals surface area contributed by atoms with Crippen LogP contribution in [0.4, 0.5) is 0 Å². The van der Waals surface area contributed by atoms with Crippen molar-refractivity contribution in [3.05, 3.63) is 113 Å². The second kappa shape index (κ2) is 10.5. The maximum Gasteiger partial charge on any atom is 0.255 e. The van der Waals surface area contributed by atoms with Crippen LogP contribution in [0, 0.1) is 20.8 Å². The van der Waals surface area contributed by atoms with E-state index in [4.69, 9.17) is 0 Å². The van der Waals surface area contributed by atoms with Crippen molar-refractivity contribution in [3.63, 3.8) is 0 Å². The van der Waals surface area contributed by atoms with E-state index in [0.717, 1.165) is 0 Å². The minimum Gasteiger partial charge on any atom is -0.194 e. The topological polar surface area (TPSA) is 8.29 Å². The van der Waals surface area contributed by atoms with Gasteiger partial charge in [-0.05, 0) is 78.5 Å². The number of aryl methyl sites for hydroxylation is 3. The summed E-state index contributed by atoms with van der Waals surface area (Å²) < 4.78 is 4.86. The third-order valence-corrected chi connectivity index (χ3v) is 8.05. The first-order valence-corrected chi connectivity index (χ1v) is 14.5. The number of fused-ring (bicyclic) bond motifs is 1. The van der Waals surface area contributed by atoms with Gasteiger partial charge in [-0.3, -0.25) is 0 Å². The van der Waals surface area contributed by atoms with Gasteiger partial charge >= 0.3 is 0 Å². The maximum atomic E-state index is 2.46. The molecule has 0 radical (unpaired) electrons. The van der Waals surface area contributed by atoms with E-state index in [1.807, 2.05) is 0 Å². The second-order valence-corrected chi connectivity index (χ2v) is 12.2. The van der Waals surface area contributed by atoms with Gasteiger partial charge in [-0.1, -0.05) is 108 Å². The molecule has 0 bridgehead atoms. The molecule has 0 aliphatic heterocycles. The average molecular weight is 516 g/mol. The van der Waals surface area contributed by atoms with Gasteiger partial charge in [0.25, 0.3) is 6.33 Å². The van der Waals surface area contributed by atoms with E-state index in [-0.39, 0.29) is 0 Å². The molecular formula is C37H43N2+. The Balaban J connectivity index is 1.92. The predicted octanol–water partition coefficient (Wildman–Crippen LogP) is 9.85. The Morgan fingerprint density at radius 3 is 1.77 bits per heavy atom. The lowest BCUT2D eigenvalue weighted by Gasteiger charge is -2.22. The number of rotatable bonds is 6. The molecule has 0 saturated carbocycles. The van der Waals surface area contributed by atoms with Gasteiger partial charge in [0, 0.05) is 11.1 Å². The van der Waals surface area contributed by atoms with Crippen LogP contribution in [0.5, 0.6) is 0 Å². The number of aromatic nitrogens is 2. The standard InChI is InChI=1S/C37H43N2/c1-23(2)30-20-31(24(3)4)35(32(21-30)25(5)6)33-16-13-17-34-37(29-14-11-10-12-15-29)39(22-38(33)34)36-27(8)18-26(7)19-28(36)9/h10-25H,1-9H3/q+1. The van der Waals surface area contributed by atoms with Crippen LogP contribution in [0.25, 0.3) is 33.7 Å². The van der Waals surface area contributed by atoms with E-state index in [1.54, 1.807) is 0 Å². The number of nitrogens with zero attached hydrogens (tertiary/aromatic N) is 2. The zero-order valence-electron chi connectivity index (χ0n) is 25.1. The van der Waals surface area contributed by atoms with Crippen LogP contribution in [0.1, 0.15) is 92.7 Å². The number of hydrogen-bond acceptors (Lipinski definition) is 0. The van der Waals surface area contributed by atoms with E-state index in [1.165, 1.54) is 67.1 Å². The maximum absolute atomic E-state index is 2.46. The zero-order chi connectivity index (χ0) is 28.0. The third-order valence-electron chi connectivity index (χ3n) is 8.05. The van der Waals surface area contributed by atoms with Crippen LogP contribution in [-0.4, -0.2) is 4.40 Å². The summed E-state index contributed by atoms with van der Waals surface area (Å²) in [7, 11) is 0. The Hall–Kier alpha value is -3.65. The molecule has 0 N–H and O–H groups in total. The molecule has 2 nitrogen and oxygen atoms in total. The minimum atomic E-state index is 0.421. The summed E-state index contributed by atoms with van der Waals surface area (Å²) in [5.74, 6) is 1.34. The number of pyridine rings is 1. The van der Waals surface area contributed by atoms with E-state index >= 15 is 0 Å². The summed E-state index contributed by atoms with van der Waals surface area (Å²) >= 11 is 0. The summed E-state index contributed by atoms with van der Waals surface area (Å²) in [4.78, 5) is 0. The van der Waals surface area contributed by atoms with Crippen LogP contribution < -0.4 is 4.57 Å². The fourth-order valence-electron chi connectivity index (χ4n) is 6.20. The van der Waals surface area contributed by atoms with Crippen LogP contribution in [0.2, 0.25) is 0 Å². The van der Waals surface area contributed by atoms with E-state index in [0.29, 0.717) is 17.8 Å². The smallest absolute Gasteiger partial charge is 0.194 e. The molecule has 2 aromatic heterocycles. The molecule has 0 aliphatic carbocycles. The van der Waals surface area contributed by atoms with Crippen molar-refractivity contribution < 1.29 is 4.57 Å². The highest BCUT2D eigenvalue weighted by Gasteiger charge is 2.28. The van der Waals surface area contributed by atoms with Gasteiger partial charge in [-0.15, -0.1) is 0 Å². The molecule has 0 fully saturated rings. The third kappa shape index (κ3) is 4.82. The number of benzene rings is 3. The monoisotopic (exact) mass is 515 g/mol. The normalized spacial score (nSPS) is 11.9. The Kier molecular flexibility index (Phi) is 7.25. The number of imidazole rings is 1. The SMILES string of the molecule is Cc1cc(C)c(-[n+]2cn3c(-c4c(C(C)C)cc(C(C)C)cc4C(C)C)cccc3c2-c2ccccc2)c(C)c1. The van der Waals surface area contributed by atoms with Crippen LogP contribution in [-0.2, 0) is 0 Å². The molecule has 0 aliphatic rings. The Morgan fingerprint density at radius 2 is 1.23 bits per heavy atom. The van der Waals surface area contributed by atoms with Crippen LogP contribution >= 0.6 is 0 Å². The molecular weight excluding hydrogens is 472 g/mol. The highest BCUT2D eigenvalue weighted by Crippen LogP contribution is 2.40. The lowest BCUT2D eigenvalue weighted by atomic mass is 9.83. The lowest BCUT2D eigenvalue weighted by molar-refractivity contribution is -0.583. The summed E-state index contributed by atoms with van der Waals surface area (Å²) in [5, 5.41) is 0. The lowest BCUT2D eigenvalue weighted by Crippen LogP contribution is -2.33. The zero-order valence-corrected chi connectivity index (χ0v) is 25.1.